The quantitative estimate of drug-likeness (QED) is 0.774. The third-order valence-electron chi connectivity index (χ3n) is 3.15. The van der Waals surface area contributed by atoms with Gasteiger partial charge in [0.25, 0.3) is 5.91 Å². The number of aryl methyl sites for hydroxylation is 1. The second-order valence-corrected chi connectivity index (χ2v) is 5.64. The van der Waals surface area contributed by atoms with Crippen LogP contribution in [0.15, 0.2) is 6.20 Å². The van der Waals surface area contributed by atoms with E-state index in [-0.39, 0.29) is 5.91 Å². The van der Waals surface area contributed by atoms with Crippen molar-refractivity contribution in [3.63, 3.8) is 0 Å². The molecule has 114 valence electrons. The minimum Gasteiger partial charge on any atom is -0.389 e. The summed E-state index contributed by atoms with van der Waals surface area (Å²) in [5.74, 6) is -0.0916. The highest BCUT2D eigenvalue weighted by Gasteiger charge is 2.24. The van der Waals surface area contributed by atoms with Crippen molar-refractivity contribution in [2.75, 3.05) is 19.6 Å². The molecule has 0 aliphatic carbocycles. The number of hydrogen-bond acceptors (Lipinski definition) is 4. The van der Waals surface area contributed by atoms with E-state index in [1.165, 1.54) is 0 Å². The van der Waals surface area contributed by atoms with Gasteiger partial charge in [-0.05, 0) is 40.7 Å². The molecule has 6 nitrogen and oxygen atoms in total. The Labute approximate surface area is 120 Å². The van der Waals surface area contributed by atoms with Crippen molar-refractivity contribution in [1.29, 1.82) is 0 Å². The number of nitrogens with zero attached hydrogens (tertiary/aromatic N) is 3. The van der Waals surface area contributed by atoms with E-state index in [1.54, 1.807) is 29.6 Å². The number of aromatic nitrogens is 2. The number of amides is 1. The van der Waals surface area contributed by atoms with E-state index >= 15 is 0 Å². The van der Waals surface area contributed by atoms with Gasteiger partial charge < -0.3 is 15.7 Å². The van der Waals surface area contributed by atoms with Crippen LogP contribution in [0.5, 0.6) is 0 Å². The third kappa shape index (κ3) is 4.31. The van der Waals surface area contributed by atoms with Gasteiger partial charge in [-0.2, -0.15) is 5.10 Å². The number of nitrogens with two attached hydrogens (primary N) is 1. The molecule has 0 saturated heterocycles. The van der Waals surface area contributed by atoms with Crippen molar-refractivity contribution in [2.24, 2.45) is 5.73 Å². The van der Waals surface area contributed by atoms with Gasteiger partial charge >= 0.3 is 0 Å². The van der Waals surface area contributed by atoms with Crippen LogP contribution in [0.25, 0.3) is 0 Å². The van der Waals surface area contributed by atoms with Crippen LogP contribution in [-0.4, -0.2) is 50.9 Å². The van der Waals surface area contributed by atoms with Crippen molar-refractivity contribution in [1.82, 2.24) is 14.7 Å². The third-order valence-corrected chi connectivity index (χ3v) is 3.15. The molecule has 0 saturated carbocycles. The number of aliphatic hydroxyl groups is 1. The molecule has 0 aliphatic heterocycles. The number of rotatable bonds is 7. The maximum atomic E-state index is 12.5. The molecule has 0 bridgehead atoms. The Bertz CT molecular complexity index is 449. The SMILES string of the molecule is CCN(CC(C)(C)O)C(=O)c1cnn(CCCN)c1C. The fraction of sp³-hybridized carbons (Fsp3) is 0.714. The van der Waals surface area contributed by atoms with Crippen molar-refractivity contribution in [3.8, 4) is 0 Å². The molecular weight excluding hydrogens is 256 g/mol. The molecule has 0 spiro atoms. The zero-order valence-electron chi connectivity index (χ0n) is 12.9. The average Bonchev–Trinajstić information content (AvgIpc) is 2.73. The van der Waals surface area contributed by atoms with E-state index < -0.39 is 5.60 Å². The van der Waals surface area contributed by atoms with Gasteiger partial charge in [0.1, 0.15) is 0 Å². The van der Waals surface area contributed by atoms with E-state index in [1.807, 2.05) is 13.8 Å². The highest BCUT2D eigenvalue weighted by molar-refractivity contribution is 5.95. The first-order chi connectivity index (χ1) is 9.30. The van der Waals surface area contributed by atoms with Crippen LogP contribution in [0.1, 0.15) is 43.2 Å². The van der Waals surface area contributed by atoms with E-state index in [2.05, 4.69) is 5.10 Å². The summed E-state index contributed by atoms with van der Waals surface area (Å²) < 4.78 is 1.80. The van der Waals surface area contributed by atoms with Gasteiger partial charge in [0.05, 0.1) is 17.4 Å². The smallest absolute Gasteiger partial charge is 0.257 e. The predicted molar refractivity (Wildman–Crippen MR) is 78.5 cm³/mol. The highest BCUT2D eigenvalue weighted by atomic mass is 16.3. The fourth-order valence-corrected chi connectivity index (χ4v) is 2.09. The number of hydrogen-bond donors (Lipinski definition) is 2. The Morgan fingerprint density at radius 2 is 2.20 bits per heavy atom. The monoisotopic (exact) mass is 282 g/mol. The number of carbonyl (C=O) groups is 1. The molecule has 0 radical (unpaired) electrons. The second-order valence-electron chi connectivity index (χ2n) is 5.64. The summed E-state index contributed by atoms with van der Waals surface area (Å²) in [4.78, 5) is 14.1. The molecule has 3 N–H and O–H groups in total. The molecule has 0 unspecified atom stereocenters. The molecule has 6 heteroatoms. The van der Waals surface area contributed by atoms with Crippen molar-refractivity contribution >= 4 is 5.91 Å². The lowest BCUT2D eigenvalue weighted by molar-refractivity contribution is 0.0314. The minimum atomic E-state index is -0.908. The number of likely N-dealkylation sites (N-methyl/N-ethyl adjacent to an activating group) is 1. The summed E-state index contributed by atoms with van der Waals surface area (Å²) in [7, 11) is 0. The van der Waals surface area contributed by atoms with Crippen molar-refractivity contribution in [2.45, 2.75) is 46.3 Å². The van der Waals surface area contributed by atoms with Crippen LogP contribution in [0, 0.1) is 6.92 Å². The van der Waals surface area contributed by atoms with Gasteiger partial charge in [-0.3, -0.25) is 9.48 Å². The maximum absolute atomic E-state index is 12.5. The average molecular weight is 282 g/mol. The predicted octanol–water partition coefficient (Wildman–Crippen LogP) is 0.773. The summed E-state index contributed by atoms with van der Waals surface area (Å²) in [5, 5.41) is 14.1. The minimum absolute atomic E-state index is 0.0916. The number of carbonyl (C=O) groups excluding carboxylic acids is 1. The second kappa shape index (κ2) is 6.85. The first kappa shape index (κ1) is 16.7. The Morgan fingerprint density at radius 1 is 1.55 bits per heavy atom. The summed E-state index contributed by atoms with van der Waals surface area (Å²) in [6.07, 6.45) is 2.43. The van der Waals surface area contributed by atoms with Crippen LogP contribution in [0.4, 0.5) is 0 Å². The summed E-state index contributed by atoms with van der Waals surface area (Å²) in [6.45, 7) is 9.34. The molecule has 1 amide bonds. The van der Waals surface area contributed by atoms with Gasteiger partial charge in [0, 0.05) is 25.3 Å². The van der Waals surface area contributed by atoms with Gasteiger partial charge in [0.2, 0.25) is 0 Å². The summed E-state index contributed by atoms with van der Waals surface area (Å²) in [5.41, 5.74) is 6.02. The van der Waals surface area contributed by atoms with E-state index in [0.29, 0.717) is 31.7 Å². The molecule has 0 atom stereocenters. The molecule has 0 fully saturated rings. The zero-order chi connectivity index (χ0) is 15.3. The van der Waals surface area contributed by atoms with Crippen LogP contribution >= 0.6 is 0 Å². The molecular formula is C14H26N4O2. The van der Waals surface area contributed by atoms with Crippen molar-refractivity contribution in [3.05, 3.63) is 17.5 Å². The van der Waals surface area contributed by atoms with Gasteiger partial charge in [-0.1, -0.05) is 0 Å². The molecule has 1 heterocycles. The first-order valence-electron chi connectivity index (χ1n) is 7.04. The molecule has 1 rings (SSSR count). The molecule has 1 aromatic rings. The van der Waals surface area contributed by atoms with E-state index in [0.717, 1.165) is 12.1 Å². The Kier molecular flexibility index (Phi) is 5.71. The molecule has 20 heavy (non-hydrogen) atoms. The van der Waals surface area contributed by atoms with Crippen LogP contribution in [0.2, 0.25) is 0 Å². The Morgan fingerprint density at radius 3 is 2.70 bits per heavy atom. The largest absolute Gasteiger partial charge is 0.389 e. The van der Waals surface area contributed by atoms with E-state index in [4.69, 9.17) is 5.73 Å². The fourth-order valence-electron chi connectivity index (χ4n) is 2.09. The van der Waals surface area contributed by atoms with Gasteiger partial charge in [-0.25, -0.2) is 0 Å². The lowest BCUT2D eigenvalue weighted by atomic mass is 10.1. The van der Waals surface area contributed by atoms with Gasteiger partial charge in [-0.15, -0.1) is 0 Å². The van der Waals surface area contributed by atoms with Gasteiger partial charge in [0.15, 0.2) is 0 Å². The Hall–Kier alpha value is -1.40. The van der Waals surface area contributed by atoms with Crippen LogP contribution in [-0.2, 0) is 6.54 Å². The van der Waals surface area contributed by atoms with Crippen molar-refractivity contribution < 1.29 is 9.90 Å². The zero-order valence-corrected chi connectivity index (χ0v) is 12.9. The normalized spacial score (nSPS) is 11.7. The molecule has 1 aromatic heterocycles. The lowest BCUT2D eigenvalue weighted by Gasteiger charge is -2.28. The maximum Gasteiger partial charge on any atom is 0.257 e. The highest BCUT2D eigenvalue weighted by Crippen LogP contribution is 2.14. The van der Waals surface area contributed by atoms with Crippen LogP contribution < -0.4 is 5.73 Å². The lowest BCUT2D eigenvalue weighted by Crippen LogP contribution is -2.42. The van der Waals surface area contributed by atoms with E-state index in [9.17, 15) is 9.90 Å². The standard InChI is InChI=1S/C14H26N4O2/c1-5-17(10-14(3,4)20)13(19)12-9-16-18(11(12)2)8-6-7-15/h9,20H,5-8,10,15H2,1-4H3. The summed E-state index contributed by atoms with van der Waals surface area (Å²) >= 11 is 0. The first-order valence-corrected chi connectivity index (χ1v) is 7.04. The van der Waals surface area contributed by atoms with Crippen LogP contribution in [0.3, 0.4) is 0 Å². The molecule has 0 aromatic carbocycles. The topological polar surface area (TPSA) is 84.4 Å². The summed E-state index contributed by atoms with van der Waals surface area (Å²) in [6, 6.07) is 0. The Balaban J connectivity index is 2.87. The molecule has 0 aliphatic rings.